The highest BCUT2D eigenvalue weighted by Crippen LogP contribution is 2.20. The van der Waals surface area contributed by atoms with Gasteiger partial charge in [-0.05, 0) is 0 Å². The average Bonchev–Trinajstić information content (AvgIpc) is 2.59. The van der Waals surface area contributed by atoms with E-state index in [4.69, 9.17) is 0 Å². The highest BCUT2D eigenvalue weighted by molar-refractivity contribution is 5.76. The van der Waals surface area contributed by atoms with E-state index in [1.807, 2.05) is 13.8 Å². The largest absolute Gasteiger partial charge is 0.492 e. The standard InChI is InChI=1S/C9H12N4O2/c1-4(2)6-10-5-7(11-6)13(3)9(15)12-8(5)14/h4H,1-3H3,(H,10,11)(H,12,14,15). The number of imidazole rings is 1. The highest BCUT2D eigenvalue weighted by Gasteiger charge is 2.13. The molecule has 0 spiro atoms. The van der Waals surface area contributed by atoms with Gasteiger partial charge in [0.2, 0.25) is 5.88 Å². The van der Waals surface area contributed by atoms with Gasteiger partial charge in [-0.15, -0.1) is 0 Å². The van der Waals surface area contributed by atoms with E-state index in [9.17, 15) is 9.90 Å². The van der Waals surface area contributed by atoms with Gasteiger partial charge in [-0.25, -0.2) is 9.78 Å². The predicted octanol–water partition coefficient (Wildman–Crippen LogP) is 0.486. The van der Waals surface area contributed by atoms with Crippen LogP contribution in [0.25, 0.3) is 11.2 Å². The van der Waals surface area contributed by atoms with Crippen molar-refractivity contribution in [3.8, 4) is 5.88 Å². The van der Waals surface area contributed by atoms with Crippen LogP contribution < -0.4 is 5.69 Å². The van der Waals surface area contributed by atoms with Crippen LogP contribution in [-0.4, -0.2) is 24.6 Å². The van der Waals surface area contributed by atoms with Crippen LogP contribution in [-0.2, 0) is 7.05 Å². The van der Waals surface area contributed by atoms with E-state index in [2.05, 4.69) is 15.0 Å². The fraction of sp³-hybridized carbons (Fsp3) is 0.444. The van der Waals surface area contributed by atoms with Crippen LogP contribution in [0.3, 0.4) is 0 Å². The molecule has 0 amide bonds. The van der Waals surface area contributed by atoms with Crippen LogP contribution in [0.5, 0.6) is 5.88 Å². The van der Waals surface area contributed by atoms with Gasteiger partial charge in [-0.2, -0.15) is 4.98 Å². The summed E-state index contributed by atoms with van der Waals surface area (Å²) in [5, 5.41) is 9.48. The zero-order valence-corrected chi connectivity index (χ0v) is 8.77. The molecule has 6 heteroatoms. The third-order valence-corrected chi connectivity index (χ3v) is 2.28. The smallest absolute Gasteiger partial charge is 0.352 e. The van der Waals surface area contributed by atoms with Crippen molar-refractivity contribution in [1.82, 2.24) is 19.5 Å². The number of aromatic hydroxyl groups is 1. The molecular formula is C9H12N4O2. The first-order valence-electron chi connectivity index (χ1n) is 4.66. The number of hydrogen-bond acceptors (Lipinski definition) is 4. The van der Waals surface area contributed by atoms with Crippen LogP contribution in [0.15, 0.2) is 4.79 Å². The van der Waals surface area contributed by atoms with Crippen molar-refractivity contribution in [2.24, 2.45) is 7.05 Å². The Kier molecular flexibility index (Phi) is 1.99. The maximum Gasteiger partial charge on any atom is 0.352 e. The van der Waals surface area contributed by atoms with Gasteiger partial charge in [-0.1, -0.05) is 13.8 Å². The van der Waals surface area contributed by atoms with E-state index < -0.39 is 5.69 Å². The molecule has 80 valence electrons. The maximum absolute atomic E-state index is 11.3. The molecule has 0 aliphatic rings. The highest BCUT2D eigenvalue weighted by atomic mass is 16.3. The van der Waals surface area contributed by atoms with Crippen molar-refractivity contribution >= 4 is 11.2 Å². The fourth-order valence-corrected chi connectivity index (χ4v) is 1.37. The average molecular weight is 208 g/mol. The molecule has 6 nitrogen and oxygen atoms in total. The first-order valence-corrected chi connectivity index (χ1v) is 4.66. The third kappa shape index (κ3) is 1.38. The summed E-state index contributed by atoms with van der Waals surface area (Å²) in [4.78, 5) is 21.9. The fourth-order valence-electron chi connectivity index (χ4n) is 1.37. The Morgan fingerprint density at radius 2 is 2.07 bits per heavy atom. The predicted molar refractivity (Wildman–Crippen MR) is 54.9 cm³/mol. The van der Waals surface area contributed by atoms with Gasteiger partial charge >= 0.3 is 5.69 Å². The molecule has 2 heterocycles. The Morgan fingerprint density at radius 1 is 1.40 bits per heavy atom. The van der Waals surface area contributed by atoms with Crippen LogP contribution in [0, 0.1) is 0 Å². The first kappa shape index (κ1) is 9.70. The van der Waals surface area contributed by atoms with E-state index in [0.29, 0.717) is 11.2 Å². The Bertz CT molecular complexity index is 567. The van der Waals surface area contributed by atoms with Gasteiger partial charge in [0.15, 0.2) is 5.65 Å². The minimum atomic E-state index is -0.512. The summed E-state index contributed by atoms with van der Waals surface area (Å²) in [6.45, 7) is 3.95. The van der Waals surface area contributed by atoms with E-state index in [-0.39, 0.29) is 11.8 Å². The number of aryl methyl sites for hydroxylation is 1. The van der Waals surface area contributed by atoms with Crippen molar-refractivity contribution < 1.29 is 5.11 Å². The molecule has 0 saturated carbocycles. The van der Waals surface area contributed by atoms with E-state index >= 15 is 0 Å². The van der Waals surface area contributed by atoms with E-state index in [0.717, 1.165) is 5.82 Å². The molecular weight excluding hydrogens is 196 g/mol. The lowest BCUT2D eigenvalue weighted by Crippen LogP contribution is -2.19. The Morgan fingerprint density at radius 3 is 2.67 bits per heavy atom. The summed E-state index contributed by atoms with van der Waals surface area (Å²) in [7, 11) is 1.57. The molecule has 0 unspecified atom stereocenters. The number of H-pyrrole nitrogens is 1. The number of aromatic nitrogens is 4. The Labute approximate surface area is 85.6 Å². The topological polar surface area (TPSA) is 83.8 Å². The molecule has 0 aromatic carbocycles. The molecule has 2 rings (SSSR count). The molecule has 15 heavy (non-hydrogen) atoms. The van der Waals surface area contributed by atoms with Gasteiger partial charge in [-0.3, -0.25) is 4.57 Å². The van der Waals surface area contributed by atoms with Gasteiger partial charge < -0.3 is 10.1 Å². The molecule has 2 aromatic heterocycles. The molecule has 2 aromatic rings. The monoisotopic (exact) mass is 208 g/mol. The lowest BCUT2D eigenvalue weighted by Gasteiger charge is -1.97. The number of nitrogens with one attached hydrogen (secondary N) is 1. The second-order valence-corrected chi connectivity index (χ2v) is 3.75. The molecule has 0 aliphatic carbocycles. The van der Waals surface area contributed by atoms with Crippen molar-refractivity contribution in [3.63, 3.8) is 0 Å². The van der Waals surface area contributed by atoms with Gasteiger partial charge in [0.25, 0.3) is 0 Å². The van der Waals surface area contributed by atoms with E-state index in [1.54, 1.807) is 7.05 Å². The van der Waals surface area contributed by atoms with Crippen molar-refractivity contribution in [3.05, 3.63) is 16.3 Å². The molecule has 2 N–H and O–H groups in total. The Balaban J connectivity index is 2.86. The summed E-state index contributed by atoms with van der Waals surface area (Å²) in [6, 6.07) is 0. The zero-order chi connectivity index (χ0) is 11.2. The van der Waals surface area contributed by atoms with Crippen LogP contribution in [0.4, 0.5) is 0 Å². The summed E-state index contributed by atoms with van der Waals surface area (Å²) < 4.78 is 1.30. The quantitative estimate of drug-likeness (QED) is 0.714. The summed E-state index contributed by atoms with van der Waals surface area (Å²) in [6.07, 6.45) is 0. The summed E-state index contributed by atoms with van der Waals surface area (Å²) >= 11 is 0. The number of fused-ring (bicyclic) bond motifs is 1. The first-order chi connectivity index (χ1) is 7.00. The van der Waals surface area contributed by atoms with Crippen LogP contribution in [0.2, 0.25) is 0 Å². The van der Waals surface area contributed by atoms with Crippen molar-refractivity contribution in [2.75, 3.05) is 0 Å². The summed E-state index contributed by atoms with van der Waals surface area (Å²) in [5.41, 5.74) is 0.318. The van der Waals surface area contributed by atoms with Crippen molar-refractivity contribution in [2.45, 2.75) is 19.8 Å². The number of aromatic amines is 1. The molecule has 0 radical (unpaired) electrons. The number of rotatable bonds is 1. The van der Waals surface area contributed by atoms with Crippen LogP contribution in [0.1, 0.15) is 25.6 Å². The molecule has 0 fully saturated rings. The molecule has 0 atom stereocenters. The van der Waals surface area contributed by atoms with Gasteiger partial charge in [0, 0.05) is 13.0 Å². The third-order valence-electron chi connectivity index (χ3n) is 2.28. The SMILES string of the molecule is CC(C)c1nc2c([nH]1)c(O)nc(=O)n2C. The van der Waals surface area contributed by atoms with Crippen LogP contribution >= 0.6 is 0 Å². The Hall–Kier alpha value is -1.85. The normalized spacial score (nSPS) is 11.5. The zero-order valence-electron chi connectivity index (χ0n) is 8.77. The van der Waals surface area contributed by atoms with Gasteiger partial charge in [0.05, 0.1) is 0 Å². The van der Waals surface area contributed by atoms with E-state index in [1.165, 1.54) is 4.57 Å². The molecule has 0 bridgehead atoms. The lowest BCUT2D eigenvalue weighted by molar-refractivity contribution is 0.453. The minimum absolute atomic E-state index is 0.201. The number of nitrogens with zero attached hydrogens (tertiary/aromatic N) is 3. The summed E-state index contributed by atoms with van der Waals surface area (Å²) in [5.74, 6) is 0.628. The lowest BCUT2D eigenvalue weighted by atomic mass is 10.2. The second kappa shape index (κ2) is 3.08. The van der Waals surface area contributed by atoms with Gasteiger partial charge in [0.1, 0.15) is 11.3 Å². The second-order valence-electron chi connectivity index (χ2n) is 3.75. The molecule has 0 aliphatic heterocycles. The maximum atomic E-state index is 11.3. The number of hydrogen-bond donors (Lipinski definition) is 2. The molecule has 0 saturated heterocycles. The minimum Gasteiger partial charge on any atom is -0.492 e. The van der Waals surface area contributed by atoms with Crippen molar-refractivity contribution in [1.29, 1.82) is 0 Å².